The fourth-order valence-electron chi connectivity index (χ4n) is 1.57. The SMILES string of the molecule is CCCC(C)(O)CNc1cc(C)c(N)cn1. The highest BCUT2D eigenvalue weighted by atomic mass is 16.3. The van der Waals surface area contributed by atoms with Gasteiger partial charge in [-0.1, -0.05) is 13.3 Å². The molecule has 0 fully saturated rings. The van der Waals surface area contributed by atoms with E-state index in [0.717, 1.165) is 24.2 Å². The highest BCUT2D eigenvalue weighted by Gasteiger charge is 2.18. The van der Waals surface area contributed by atoms with Crippen LogP contribution in [0, 0.1) is 6.92 Å². The van der Waals surface area contributed by atoms with E-state index in [4.69, 9.17) is 5.73 Å². The molecule has 0 amide bonds. The molecule has 0 saturated carbocycles. The van der Waals surface area contributed by atoms with Gasteiger partial charge in [0.05, 0.1) is 17.5 Å². The maximum atomic E-state index is 9.98. The van der Waals surface area contributed by atoms with Crippen molar-refractivity contribution in [1.82, 2.24) is 4.98 Å². The Hall–Kier alpha value is -1.29. The topological polar surface area (TPSA) is 71.2 Å². The first-order valence-corrected chi connectivity index (χ1v) is 5.63. The molecule has 1 rings (SSSR count). The standard InChI is InChI=1S/C12H21N3O/c1-4-5-12(3,16)8-15-11-6-9(2)10(13)7-14-11/h6-7,16H,4-5,8,13H2,1-3H3,(H,14,15). The van der Waals surface area contributed by atoms with Crippen LogP contribution in [0.5, 0.6) is 0 Å². The molecule has 1 heterocycles. The smallest absolute Gasteiger partial charge is 0.126 e. The first kappa shape index (κ1) is 12.8. The number of aryl methyl sites for hydroxylation is 1. The van der Waals surface area contributed by atoms with Crippen LogP contribution in [0.3, 0.4) is 0 Å². The Bertz CT molecular complexity index is 350. The average Bonchev–Trinajstić information content (AvgIpc) is 2.20. The summed E-state index contributed by atoms with van der Waals surface area (Å²) in [6.07, 6.45) is 3.36. The number of nitrogen functional groups attached to an aromatic ring is 1. The number of anilines is 2. The van der Waals surface area contributed by atoms with Crippen molar-refractivity contribution in [1.29, 1.82) is 0 Å². The van der Waals surface area contributed by atoms with E-state index >= 15 is 0 Å². The van der Waals surface area contributed by atoms with Gasteiger partial charge in [0.1, 0.15) is 5.82 Å². The number of nitrogens with one attached hydrogen (secondary N) is 1. The van der Waals surface area contributed by atoms with Crippen LogP contribution in [0.15, 0.2) is 12.3 Å². The summed E-state index contributed by atoms with van der Waals surface area (Å²) in [7, 11) is 0. The molecule has 0 saturated heterocycles. The van der Waals surface area contributed by atoms with Gasteiger partial charge in [-0.3, -0.25) is 0 Å². The van der Waals surface area contributed by atoms with E-state index in [1.807, 2.05) is 19.9 Å². The summed E-state index contributed by atoms with van der Waals surface area (Å²) in [6.45, 7) is 6.32. The molecule has 4 N–H and O–H groups in total. The second-order valence-corrected chi connectivity index (χ2v) is 4.53. The van der Waals surface area contributed by atoms with E-state index in [9.17, 15) is 5.11 Å². The van der Waals surface area contributed by atoms with Crippen molar-refractivity contribution in [2.45, 2.75) is 39.2 Å². The first-order chi connectivity index (χ1) is 7.44. The van der Waals surface area contributed by atoms with Gasteiger partial charge in [0, 0.05) is 6.54 Å². The molecule has 0 bridgehead atoms. The van der Waals surface area contributed by atoms with Crippen molar-refractivity contribution < 1.29 is 5.11 Å². The second-order valence-electron chi connectivity index (χ2n) is 4.53. The van der Waals surface area contributed by atoms with Crippen LogP contribution in [0.25, 0.3) is 0 Å². The molecule has 0 aliphatic heterocycles. The summed E-state index contributed by atoms with van der Waals surface area (Å²) in [6, 6.07) is 1.89. The monoisotopic (exact) mass is 223 g/mol. The number of nitrogens with two attached hydrogens (primary N) is 1. The molecule has 0 aromatic carbocycles. The van der Waals surface area contributed by atoms with E-state index in [2.05, 4.69) is 17.2 Å². The van der Waals surface area contributed by atoms with Crippen molar-refractivity contribution >= 4 is 11.5 Å². The zero-order chi connectivity index (χ0) is 12.2. The number of rotatable bonds is 5. The maximum Gasteiger partial charge on any atom is 0.126 e. The summed E-state index contributed by atoms with van der Waals surface area (Å²) in [4.78, 5) is 4.16. The lowest BCUT2D eigenvalue weighted by Gasteiger charge is -2.23. The molecule has 0 aliphatic carbocycles. The largest absolute Gasteiger partial charge is 0.397 e. The van der Waals surface area contributed by atoms with Gasteiger partial charge in [-0.25, -0.2) is 4.98 Å². The van der Waals surface area contributed by atoms with Crippen LogP contribution in [0.1, 0.15) is 32.3 Å². The summed E-state index contributed by atoms with van der Waals surface area (Å²) < 4.78 is 0. The van der Waals surface area contributed by atoms with Gasteiger partial charge in [0.2, 0.25) is 0 Å². The van der Waals surface area contributed by atoms with Crippen molar-refractivity contribution in [3.63, 3.8) is 0 Å². The number of nitrogens with zero attached hydrogens (tertiary/aromatic N) is 1. The van der Waals surface area contributed by atoms with Crippen LogP contribution in [0.2, 0.25) is 0 Å². The molecule has 1 atom stereocenters. The van der Waals surface area contributed by atoms with E-state index in [1.165, 1.54) is 0 Å². The molecule has 4 nitrogen and oxygen atoms in total. The minimum atomic E-state index is -0.689. The lowest BCUT2D eigenvalue weighted by Crippen LogP contribution is -2.33. The Morgan fingerprint density at radius 1 is 1.56 bits per heavy atom. The average molecular weight is 223 g/mol. The van der Waals surface area contributed by atoms with Crippen LogP contribution < -0.4 is 11.1 Å². The van der Waals surface area contributed by atoms with Crippen molar-refractivity contribution in [3.05, 3.63) is 17.8 Å². The first-order valence-electron chi connectivity index (χ1n) is 5.63. The van der Waals surface area contributed by atoms with E-state index in [0.29, 0.717) is 12.2 Å². The predicted octanol–water partition coefficient (Wildman–Crippen LogP) is 1.94. The highest BCUT2D eigenvalue weighted by Crippen LogP contribution is 2.16. The summed E-state index contributed by atoms with van der Waals surface area (Å²) in [5.41, 5.74) is 6.67. The van der Waals surface area contributed by atoms with Gasteiger partial charge in [0.15, 0.2) is 0 Å². The summed E-state index contributed by atoms with van der Waals surface area (Å²) in [5.74, 6) is 0.753. The van der Waals surface area contributed by atoms with Gasteiger partial charge in [-0.15, -0.1) is 0 Å². The number of aromatic nitrogens is 1. The third-order valence-corrected chi connectivity index (χ3v) is 2.59. The third kappa shape index (κ3) is 3.70. The summed E-state index contributed by atoms with van der Waals surface area (Å²) in [5, 5.41) is 13.1. The number of aliphatic hydroxyl groups is 1. The zero-order valence-corrected chi connectivity index (χ0v) is 10.2. The highest BCUT2D eigenvalue weighted by molar-refractivity contribution is 5.50. The van der Waals surface area contributed by atoms with Gasteiger partial charge in [-0.2, -0.15) is 0 Å². The molecule has 0 radical (unpaired) electrons. The Morgan fingerprint density at radius 2 is 2.25 bits per heavy atom. The van der Waals surface area contributed by atoms with Gasteiger partial charge in [-0.05, 0) is 31.9 Å². The second kappa shape index (κ2) is 5.16. The molecule has 0 spiro atoms. The molecule has 90 valence electrons. The quantitative estimate of drug-likeness (QED) is 0.713. The Labute approximate surface area is 96.9 Å². The van der Waals surface area contributed by atoms with Gasteiger partial charge < -0.3 is 16.2 Å². The van der Waals surface area contributed by atoms with E-state index < -0.39 is 5.60 Å². The van der Waals surface area contributed by atoms with E-state index in [1.54, 1.807) is 6.20 Å². The lowest BCUT2D eigenvalue weighted by molar-refractivity contribution is 0.0636. The van der Waals surface area contributed by atoms with Crippen molar-refractivity contribution in [3.8, 4) is 0 Å². The molecule has 0 aliphatic rings. The van der Waals surface area contributed by atoms with E-state index in [-0.39, 0.29) is 0 Å². The lowest BCUT2D eigenvalue weighted by atomic mass is 10.0. The molecule has 1 aromatic rings. The molecular formula is C12H21N3O. The van der Waals surface area contributed by atoms with Gasteiger partial charge >= 0.3 is 0 Å². The Balaban J connectivity index is 2.57. The van der Waals surface area contributed by atoms with Crippen LogP contribution >= 0.6 is 0 Å². The normalized spacial score (nSPS) is 14.5. The fourth-order valence-corrected chi connectivity index (χ4v) is 1.57. The Kier molecular flexibility index (Phi) is 4.12. The molecular weight excluding hydrogens is 202 g/mol. The van der Waals surface area contributed by atoms with Gasteiger partial charge in [0.25, 0.3) is 0 Å². The zero-order valence-electron chi connectivity index (χ0n) is 10.2. The molecule has 1 unspecified atom stereocenters. The van der Waals surface area contributed by atoms with Crippen molar-refractivity contribution in [2.75, 3.05) is 17.6 Å². The minimum absolute atomic E-state index is 0.497. The number of hydrogen-bond acceptors (Lipinski definition) is 4. The molecule has 1 aromatic heterocycles. The fraction of sp³-hybridized carbons (Fsp3) is 0.583. The van der Waals surface area contributed by atoms with Crippen LogP contribution in [-0.2, 0) is 0 Å². The third-order valence-electron chi connectivity index (χ3n) is 2.59. The summed E-state index contributed by atoms with van der Waals surface area (Å²) >= 11 is 0. The number of hydrogen-bond donors (Lipinski definition) is 3. The predicted molar refractivity (Wildman–Crippen MR) is 67.4 cm³/mol. The minimum Gasteiger partial charge on any atom is -0.397 e. The molecule has 16 heavy (non-hydrogen) atoms. The van der Waals surface area contributed by atoms with Crippen LogP contribution in [-0.4, -0.2) is 22.2 Å². The number of pyridine rings is 1. The van der Waals surface area contributed by atoms with Crippen LogP contribution in [0.4, 0.5) is 11.5 Å². The Morgan fingerprint density at radius 3 is 2.81 bits per heavy atom. The maximum absolute atomic E-state index is 9.98. The van der Waals surface area contributed by atoms with Crippen molar-refractivity contribution in [2.24, 2.45) is 0 Å². The molecule has 4 heteroatoms.